The summed E-state index contributed by atoms with van der Waals surface area (Å²) in [6.07, 6.45) is 0. The van der Waals surface area contributed by atoms with Crippen LogP contribution in [-0.4, -0.2) is 73.6 Å². The molecule has 2 atom stereocenters. The van der Waals surface area contributed by atoms with Gasteiger partial charge in [-0.05, 0) is 37.1 Å². The van der Waals surface area contributed by atoms with E-state index in [0.29, 0.717) is 22.3 Å². The van der Waals surface area contributed by atoms with Gasteiger partial charge in [0.2, 0.25) is 0 Å². The van der Waals surface area contributed by atoms with Crippen molar-refractivity contribution < 1.29 is 31.1 Å². The zero-order chi connectivity index (χ0) is 33.4. The van der Waals surface area contributed by atoms with E-state index in [0.717, 1.165) is 52.4 Å². The normalized spacial score (nSPS) is 21.0. The van der Waals surface area contributed by atoms with Gasteiger partial charge < -0.3 is 53.2 Å². The monoisotopic (exact) mass is 630 g/mol. The van der Waals surface area contributed by atoms with E-state index >= 15 is 0 Å². The Labute approximate surface area is 272 Å². The highest BCUT2D eigenvalue weighted by atomic mass is 16.3. The minimum Gasteiger partial charge on any atom is -0.872 e. The van der Waals surface area contributed by atoms with Crippen molar-refractivity contribution in [3.8, 4) is 45.3 Å². The lowest BCUT2D eigenvalue weighted by Gasteiger charge is -2.26. The molecule has 1 aliphatic rings. The van der Waals surface area contributed by atoms with Crippen LogP contribution < -0.4 is 42.9 Å². The molecule has 0 spiro atoms. The molecule has 1 aliphatic heterocycles. The van der Waals surface area contributed by atoms with Crippen molar-refractivity contribution in [2.45, 2.75) is 24.9 Å². The fourth-order valence-corrected chi connectivity index (χ4v) is 4.95. The number of benzene rings is 4. The van der Waals surface area contributed by atoms with Crippen molar-refractivity contribution in [1.29, 1.82) is 0 Å². The molecule has 10 nitrogen and oxygen atoms in total. The second kappa shape index (κ2) is 18.1. The van der Waals surface area contributed by atoms with E-state index in [2.05, 4.69) is 35.1 Å². The Morgan fingerprint density at radius 2 is 0.891 bits per heavy atom. The number of rotatable bonds is 2. The van der Waals surface area contributed by atoms with E-state index in [1.165, 1.54) is 12.1 Å². The summed E-state index contributed by atoms with van der Waals surface area (Å²) in [7, 11) is 0. The first-order chi connectivity index (χ1) is 22.0. The molecular weight excluding hydrogens is 580 g/mol. The van der Waals surface area contributed by atoms with Crippen LogP contribution in [0.4, 0.5) is 0 Å². The van der Waals surface area contributed by atoms with Gasteiger partial charge in [0.1, 0.15) is 11.5 Å². The minimum atomic E-state index is -0.132. The number of nitrogens with one attached hydrogen (secondary N) is 2. The Kier molecular flexibility index (Phi) is 14.3. The average molecular weight is 631 g/mol. The summed E-state index contributed by atoms with van der Waals surface area (Å²) >= 11 is 0. The molecule has 46 heavy (non-hydrogen) atoms. The molecule has 0 unspecified atom stereocenters. The predicted molar refractivity (Wildman–Crippen MR) is 180 cm³/mol. The fraction of sp³-hybridized carbons (Fsp3) is 0.333. The Bertz CT molecular complexity index is 1260. The molecule has 0 radical (unpaired) electrons. The molecule has 1 heterocycles. The fourth-order valence-electron chi connectivity index (χ4n) is 4.95. The van der Waals surface area contributed by atoms with E-state index < -0.39 is 0 Å². The predicted octanol–water partition coefficient (Wildman–Crippen LogP) is 0.00640. The van der Waals surface area contributed by atoms with Crippen LogP contribution in [0.5, 0.6) is 23.0 Å². The van der Waals surface area contributed by atoms with E-state index in [4.69, 9.17) is 11.5 Å². The first-order valence-electron chi connectivity index (χ1n) is 15.7. The maximum absolute atomic E-state index is 11.5. The zero-order valence-corrected chi connectivity index (χ0v) is 26.9. The molecular formula is C36H50N6O4. The topological polar surface area (TPSA) is 196 Å². The summed E-state index contributed by atoms with van der Waals surface area (Å²) in [5, 5.41) is 53.4. The number of aromatic hydroxyl groups is 2. The van der Waals surface area contributed by atoms with E-state index in [1.54, 1.807) is 84.9 Å². The summed E-state index contributed by atoms with van der Waals surface area (Å²) in [6.45, 7) is 11.9. The highest BCUT2D eigenvalue weighted by Crippen LogP contribution is 2.34. The van der Waals surface area contributed by atoms with Crippen LogP contribution in [0, 0.1) is 0 Å². The van der Waals surface area contributed by atoms with Crippen molar-refractivity contribution in [2.24, 2.45) is 11.5 Å². The quantitative estimate of drug-likeness (QED) is 0.152. The lowest BCUT2D eigenvalue weighted by Crippen LogP contribution is -2.92. The lowest BCUT2D eigenvalue weighted by atomic mass is 10.0. The van der Waals surface area contributed by atoms with Gasteiger partial charge in [0.25, 0.3) is 0 Å². The first-order valence-corrected chi connectivity index (χ1v) is 15.7. The molecule has 0 saturated carbocycles. The average Bonchev–Trinajstić information content (AvgIpc) is 3.02. The van der Waals surface area contributed by atoms with Crippen molar-refractivity contribution in [3.63, 3.8) is 0 Å². The standard InChI is InChI=1S/C12H30N6.2C12H10O2/c1-11(13)7-15-3-5-17-9-12(2,14)10-18-6-4-16-8-11;2*13-11-7-3-1-5-9(11)10-6-2-4-8-12(10)14/h15-18H,3-10,13-14H2,1-2H3;2*1-8,13-14H/t11-,12-;;. The van der Waals surface area contributed by atoms with E-state index in [-0.39, 0.29) is 34.1 Å². The SMILES string of the molecule is C[C@]1(N)CNCC[NH2+]C[C@](C)(N)CNCC[NH2+]C1.[O-]c1ccccc1-c1ccccc1O.[O-]c1ccccc1-c1ccccc1O. The van der Waals surface area contributed by atoms with Gasteiger partial charge in [-0.15, -0.1) is 11.5 Å². The maximum atomic E-state index is 11.5. The van der Waals surface area contributed by atoms with Gasteiger partial charge in [-0.1, -0.05) is 84.9 Å². The van der Waals surface area contributed by atoms with Crippen LogP contribution in [-0.2, 0) is 0 Å². The number of quaternary nitrogens is 2. The Morgan fingerprint density at radius 3 is 1.24 bits per heavy atom. The number of hydrogen-bond donors (Lipinski definition) is 8. The van der Waals surface area contributed by atoms with Crippen LogP contribution in [0.1, 0.15) is 13.8 Å². The molecule has 248 valence electrons. The summed E-state index contributed by atoms with van der Waals surface area (Å²) < 4.78 is 0. The maximum Gasteiger partial charge on any atom is 0.123 e. The van der Waals surface area contributed by atoms with Crippen LogP contribution in [0.2, 0.25) is 0 Å². The van der Waals surface area contributed by atoms with E-state index in [9.17, 15) is 20.4 Å². The van der Waals surface area contributed by atoms with Gasteiger partial charge in [0, 0.05) is 37.3 Å². The summed E-state index contributed by atoms with van der Waals surface area (Å²) in [5.41, 5.74) is 14.4. The van der Waals surface area contributed by atoms with Gasteiger partial charge in [0.05, 0.1) is 37.3 Å². The van der Waals surface area contributed by atoms with Crippen molar-refractivity contribution >= 4 is 0 Å². The van der Waals surface area contributed by atoms with Crippen LogP contribution in [0.3, 0.4) is 0 Å². The van der Waals surface area contributed by atoms with Gasteiger partial charge in [-0.2, -0.15) is 0 Å². The molecule has 1 fully saturated rings. The minimum absolute atomic E-state index is 0.0750. The van der Waals surface area contributed by atoms with E-state index in [1.807, 2.05) is 0 Å². The van der Waals surface area contributed by atoms with Crippen molar-refractivity contribution in [3.05, 3.63) is 97.1 Å². The second-order valence-corrected chi connectivity index (χ2v) is 12.3. The molecule has 4 aromatic rings. The van der Waals surface area contributed by atoms with Crippen molar-refractivity contribution in [2.75, 3.05) is 52.4 Å². The number of nitrogens with two attached hydrogens (primary N) is 4. The lowest BCUT2D eigenvalue weighted by molar-refractivity contribution is -0.661. The van der Waals surface area contributed by atoms with Crippen molar-refractivity contribution in [1.82, 2.24) is 10.6 Å². The molecule has 0 bridgehead atoms. The Balaban J connectivity index is 0.000000190. The van der Waals surface area contributed by atoms with Gasteiger partial charge >= 0.3 is 0 Å². The summed E-state index contributed by atoms with van der Waals surface area (Å²) in [6, 6.07) is 27.0. The third kappa shape index (κ3) is 12.3. The molecule has 4 aromatic carbocycles. The molecule has 0 aliphatic carbocycles. The number of phenols is 2. The highest BCUT2D eigenvalue weighted by molar-refractivity contribution is 5.75. The van der Waals surface area contributed by atoms with Crippen LogP contribution >= 0.6 is 0 Å². The van der Waals surface area contributed by atoms with Gasteiger partial charge in [-0.3, -0.25) is 0 Å². The number of para-hydroxylation sites is 4. The molecule has 0 aromatic heterocycles. The summed E-state index contributed by atoms with van der Waals surface area (Å²) in [4.78, 5) is 0. The van der Waals surface area contributed by atoms with Crippen LogP contribution in [0.25, 0.3) is 22.3 Å². The third-order valence-electron chi connectivity index (χ3n) is 7.49. The first kappa shape index (κ1) is 36.3. The molecule has 1 saturated heterocycles. The number of phenolic OH excluding ortho intramolecular Hbond substituents is 2. The third-order valence-corrected chi connectivity index (χ3v) is 7.49. The van der Waals surface area contributed by atoms with Crippen LogP contribution in [0.15, 0.2) is 97.1 Å². The Morgan fingerprint density at radius 1 is 0.565 bits per heavy atom. The molecule has 0 amide bonds. The Hall–Kier alpha value is -4.16. The highest BCUT2D eigenvalue weighted by Gasteiger charge is 2.22. The van der Waals surface area contributed by atoms with Gasteiger partial charge in [0.15, 0.2) is 0 Å². The molecule has 12 N–H and O–H groups in total. The van der Waals surface area contributed by atoms with Gasteiger partial charge in [-0.25, -0.2) is 0 Å². The summed E-state index contributed by atoms with van der Waals surface area (Å²) in [5.74, 6) is 0.120. The largest absolute Gasteiger partial charge is 0.872 e. The number of hydrogen-bond acceptors (Lipinski definition) is 8. The molecule has 5 rings (SSSR count). The smallest absolute Gasteiger partial charge is 0.123 e. The second-order valence-electron chi connectivity index (χ2n) is 12.3. The molecule has 10 heteroatoms. The zero-order valence-electron chi connectivity index (χ0n) is 26.9.